The number of nitrogens with two attached hydrogens (primary N) is 1. The van der Waals surface area contributed by atoms with Crippen LogP contribution in [0, 0.1) is 0 Å². The second kappa shape index (κ2) is 10.8. The van der Waals surface area contributed by atoms with Crippen molar-refractivity contribution < 1.29 is 9.37 Å². The lowest BCUT2D eigenvalue weighted by atomic mass is 10.1. The van der Waals surface area contributed by atoms with E-state index in [4.69, 9.17) is 36.7 Å². The van der Waals surface area contributed by atoms with Crippen LogP contribution in [0.25, 0.3) is 33.8 Å². The minimum absolute atomic E-state index is 0.168. The van der Waals surface area contributed by atoms with Crippen molar-refractivity contribution in [3.05, 3.63) is 53.7 Å². The molecule has 4 N–H and O–H groups in total. The van der Waals surface area contributed by atoms with Gasteiger partial charge >= 0.3 is 0 Å². The van der Waals surface area contributed by atoms with Crippen molar-refractivity contribution in [2.24, 2.45) is 0 Å². The van der Waals surface area contributed by atoms with Gasteiger partial charge in [0, 0.05) is 42.0 Å². The number of nitrogen functional groups attached to an aromatic ring is 1. The van der Waals surface area contributed by atoms with Gasteiger partial charge in [-0.25, -0.2) is 19.6 Å². The minimum Gasteiger partial charge on any atom is -0.490 e. The zero-order valence-electron chi connectivity index (χ0n) is 19.7. The molecule has 0 saturated heterocycles. The Bertz CT molecular complexity index is 1450. The maximum absolute atomic E-state index is 6.26. The van der Waals surface area contributed by atoms with Gasteiger partial charge in [0.15, 0.2) is 23.1 Å². The Labute approximate surface area is 212 Å². The van der Waals surface area contributed by atoms with Gasteiger partial charge in [0.05, 0.1) is 24.8 Å². The Morgan fingerprint density at radius 1 is 1.19 bits per heavy atom. The number of aromatic amines is 1. The number of aromatic nitrogens is 7. The molecule has 0 bridgehead atoms. The Morgan fingerprint density at radius 3 is 2.86 bits per heavy atom. The molecule has 4 heterocycles. The summed E-state index contributed by atoms with van der Waals surface area (Å²) < 4.78 is 13.0. The summed E-state index contributed by atoms with van der Waals surface area (Å²) in [4.78, 5) is 16.7. The molecule has 0 amide bonds. The number of pyridine rings is 1. The van der Waals surface area contributed by atoms with Crippen LogP contribution in [0.15, 0.2) is 47.6 Å². The van der Waals surface area contributed by atoms with E-state index in [1.165, 1.54) is 0 Å². The van der Waals surface area contributed by atoms with Crippen molar-refractivity contribution in [1.82, 2.24) is 40.1 Å². The Morgan fingerprint density at radius 2 is 2.11 bits per heavy atom. The molecular weight excluding hydrogens is 482 g/mol. The highest BCUT2D eigenvalue weighted by atomic mass is 35.5. The summed E-state index contributed by atoms with van der Waals surface area (Å²) in [5.41, 5.74) is 10.5. The Kier molecular flexibility index (Phi) is 7.10. The van der Waals surface area contributed by atoms with Gasteiger partial charge in [0.1, 0.15) is 11.0 Å². The predicted molar refractivity (Wildman–Crippen MR) is 137 cm³/mol. The fourth-order valence-corrected chi connectivity index (χ4v) is 4.24. The van der Waals surface area contributed by atoms with Crippen LogP contribution < -0.4 is 15.8 Å². The molecule has 0 spiro atoms. The smallest absolute Gasteiger partial charge is 0.199 e. The normalized spacial score (nSPS) is 11.4. The zero-order chi connectivity index (χ0) is 24.9. The Balaban J connectivity index is 1.40. The average molecular weight is 508 g/mol. The third-order valence-corrected chi connectivity index (χ3v) is 5.99. The number of aryl methyl sites for hydroxylation is 1. The zero-order valence-corrected chi connectivity index (χ0v) is 20.5. The summed E-state index contributed by atoms with van der Waals surface area (Å²) in [6.07, 6.45) is 6.98. The van der Waals surface area contributed by atoms with E-state index in [1.807, 2.05) is 42.0 Å². The molecule has 36 heavy (non-hydrogen) atoms. The van der Waals surface area contributed by atoms with Crippen molar-refractivity contribution >= 4 is 28.5 Å². The van der Waals surface area contributed by atoms with Crippen LogP contribution in [-0.4, -0.2) is 54.5 Å². The first-order chi connectivity index (χ1) is 17.7. The second-order valence-electron chi connectivity index (χ2n) is 8.14. The lowest BCUT2D eigenvalue weighted by Gasteiger charge is -2.12. The molecule has 0 fully saturated rings. The van der Waals surface area contributed by atoms with E-state index in [0.29, 0.717) is 46.7 Å². The number of halogens is 1. The minimum atomic E-state index is 0.168. The monoisotopic (exact) mass is 507 g/mol. The number of hydrogen-bond acceptors (Lipinski definition) is 9. The number of H-pyrrole nitrogens is 1. The fourth-order valence-electron chi connectivity index (χ4n) is 4.05. The van der Waals surface area contributed by atoms with Crippen LogP contribution in [0.5, 0.6) is 5.75 Å². The third kappa shape index (κ3) is 4.88. The number of rotatable bonds is 11. The van der Waals surface area contributed by atoms with Gasteiger partial charge in [0.25, 0.3) is 0 Å². The summed E-state index contributed by atoms with van der Waals surface area (Å²) in [7, 11) is 0. The number of imidazole rings is 2. The lowest BCUT2D eigenvalue weighted by molar-refractivity contribution is 0.309. The van der Waals surface area contributed by atoms with E-state index < -0.39 is 0 Å². The van der Waals surface area contributed by atoms with Crippen LogP contribution in [0.3, 0.4) is 0 Å². The maximum Gasteiger partial charge on any atom is 0.199 e. The molecule has 4 aromatic heterocycles. The average Bonchev–Trinajstić information content (AvgIpc) is 3.63. The largest absolute Gasteiger partial charge is 0.490 e. The molecule has 0 unspecified atom stereocenters. The molecule has 0 aliphatic rings. The number of fused-ring (bicyclic) bond motifs is 1. The van der Waals surface area contributed by atoms with Crippen molar-refractivity contribution in [3.8, 4) is 28.5 Å². The first-order valence-electron chi connectivity index (χ1n) is 11.7. The molecule has 5 aromatic rings. The third-order valence-electron chi connectivity index (χ3n) is 5.76. The van der Waals surface area contributed by atoms with E-state index >= 15 is 0 Å². The van der Waals surface area contributed by atoms with Crippen molar-refractivity contribution in [2.45, 2.75) is 26.3 Å². The molecule has 11 nitrogen and oxygen atoms in total. The van der Waals surface area contributed by atoms with Gasteiger partial charge in [-0.15, -0.1) is 0 Å². The van der Waals surface area contributed by atoms with E-state index in [-0.39, 0.29) is 5.82 Å². The van der Waals surface area contributed by atoms with Crippen LogP contribution in [-0.2, 0) is 13.0 Å². The molecular formula is C24H26ClN9O2. The number of nitrogens with one attached hydrogen (secondary N) is 2. The highest BCUT2D eigenvalue weighted by molar-refractivity contribution is 6.30. The van der Waals surface area contributed by atoms with Crippen LogP contribution in [0.1, 0.15) is 19.0 Å². The number of ether oxygens (including phenoxy) is 1. The molecule has 1 aromatic carbocycles. The van der Waals surface area contributed by atoms with Crippen molar-refractivity contribution in [3.63, 3.8) is 0 Å². The molecule has 0 atom stereocenters. The highest BCUT2D eigenvalue weighted by Gasteiger charge is 2.24. The number of anilines is 1. The van der Waals surface area contributed by atoms with Gasteiger partial charge in [0.2, 0.25) is 0 Å². The van der Waals surface area contributed by atoms with Crippen LogP contribution >= 0.6 is 11.6 Å². The van der Waals surface area contributed by atoms with E-state index in [0.717, 1.165) is 42.7 Å². The predicted octanol–water partition coefficient (Wildman–Crippen LogP) is 3.73. The molecule has 0 aliphatic carbocycles. The van der Waals surface area contributed by atoms with Crippen molar-refractivity contribution in [1.29, 1.82) is 0 Å². The molecule has 5 rings (SSSR count). The molecule has 0 aliphatic heterocycles. The standard InChI is InChI=1S/C24H26ClN9O2/c1-2-34-22-18(35-10-4-8-27-9-7-17-12-28-14-30-17)13-29-19(15-5-3-6-16(25)11-15)20(22)31-24(34)21-23(26)33-36-32-21/h3,5-6,11-14,27H,2,4,7-10H2,1H3,(H2,26,33)(H,28,30). The number of hydrogen-bond donors (Lipinski definition) is 3. The van der Waals surface area contributed by atoms with E-state index in [1.54, 1.807) is 12.5 Å². The SMILES string of the molecule is CCn1c(-c2nonc2N)nc2c(-c3cccc(Cl)c3)ncc(OCCCNCCc3cnc[nH]3)c21. The van der Waals surface area contributed by atoms with Gasteiger partial charge in [-0.2, -0.15) is 0 Å². The summed E-state index contributed by atoms with van der Waals surface area (Å²) in [5.74, 6) is 1.33. The first-order valence-corrected chi connectivity index (χ1v) is 12.1. The van der Waals surface area contributed by atoms with Gasteiger partial charge in [-0.05, 0) is 42.3 Å². The maximum atomic E-state index is 6.26. The fraction of sp³-hybridized carbons (Fsp3) is 0.292. The molecule has 0 radical (unpaired) electrons. The highest BCUT2D eigenvalue weighted by Crippen LogP contribution is 2.37. The van der Waals surface area contributed by atoms with E-state index in [2.05, 4.69) is 25.6 Å². The van der Waals surface area contributed by atoms with Crippen LogP contribution in [0.2, 0.25) is 5.02 Å². The number of nitrogens with zero attached hydrogens (tertiary/aromatic N) is 6. The Hall–Kier alpha value is -3.96. The van der Waals surface area contributed by atoms with Crippen molar-refractivity contribution in [2.75, 3.05) is 25.4 Å². The van der Waals surface area contributed by atoms with Gasteiger partial charge in [-0.3, -0.25) is 0 Å². The summed E-state index contributed by atoms with van der Waals surface area (Å²) in [6.45, 7) is 4.82. The lowest BCUT2D eigenvalue weighted by Crippen LogP contribution is -2.20. The van der Waals surface area contributed by atoms with E-state index in [9.17, 15) is 0 Å². The summed E-state index contributed by atoms with van der Waals surface area (Å²) in [5, 5.41) is 11.7. The summed E-state index contributed by atoms with van der Waals surface area (Å²) in [6, 6.07) is 7.50. The first kappa shape index (κ1) is 23.8. The topological polar surface area (TPSA) is 146 Å². The van der Waals surface area contributed by atoms with Crippen LogP contribution in [0.4, 0.5) is 5.82 Å². The summed E-state index contributed by atoms with van der Waals surface area (Å²) >= 11 is 6.26. The molecule has 186 valence electrons. The van der Waals surface area contributed by atoms with Gasteiger partial charge < -0.3 is 25.3 Å². The molecule has 0 saturated carbocycles. The second-order valence-corrected chi connectivity index (χ2v) is 8.57. The quantitative estimate of drug-likeness (QED) is 0.227. The number of benzene rings is 1. The molecule has 12 heteroatoms. The van der Waals surface area contributed by atoms with Gasteiger partial charge in [-0.1, -0.05) is 23.7 Å².